The summed E-state index contributed by atoms with van der Waals surface area (Å²) in [6, 6.07) is 11.8. The van der Waals surface area contributed by atoms with Crippen molar-refractivity contribution in [1.29, 1.82) is 10.5 Å². The fourth-order valence-corrected chi connectivity index (χ4v) is 3.77. The van der Waals surface area contributed by atoms with E-state index in [-0.39, 0.29) is 5.92 Å². The highest BCUT2D eigenvalue weighted by atomic mass is 16.5. The molecule has 0 fully saturated rings. The molecule has 1 unspecified atom stereocenters. The van der Waals surface area contributed by atoms with E-state index in [1.807, 2.05) is 36.7 Å². The highest BCUT2D eigenvalue weighted by Crippen LogP contribution is 2.47. The van der Waals surface area contributed by atoms with E-state index in [1.165, 1.54) is 0 Å². The Morgan fingerprint density at radius 2 is 2.00 bits per heavy atom. The van der Waals surface area contributed by atoms with Crippen LogP contribution in [0.4, 0.5) is 5.69 Å². The molecule has 1 aliphatic heterocycles. The number of nitrogens with zero attached hydrogens (tertiary/aromatic N) is 4. The van der Waals surface area contributed by atoms with Crippen LogP contribution in [0.5, 0.6) is 5.75 Å². The third-order valence-corrected chi connectivity index (χ3v) is 5.01. The van der Waals surface area contributed by atoms with Crippen molar-refractivity contribution in [2.75, 3.05) is 12.4 Å². The van der Waals surface area contributed by atoms with E-state index in [2.05, 4.69) is 22.6 Å². The van der Waals surface area contributed by atoms with Crippen molar-refractivity contribution < 1.29 is 4.74 Å². The molecule has 0 bridgehead atoms. The minimum absolute atomic E-state index is 0.312. The van der Waals surface area contributed by atoms with Gasteiger partial charge in [-0.1, -0.05) is 6.07 Å². The molecule has 0 aliphatic carbocycles. The summed E-state index contributed by atoms with van der Waals surface area (Å²) in [4.78, 5) is 0. The number of aromatic nitrogens is 2. The third kappa shape index (κ3) is 2.43. The molecule has 2 aromatic heterocycles. The van der Waals surface area contributed by atoms with E-state index in [9.17, 15) is 10.5 Å². The number of allylic oxidation sites excluding steroid dienone is 2. The van der Waals surface area contributed by atoms with Crippen LogP contribution in [0.25, 0.3) is 5.52 Å². The van der Waals surface area contributed by atoms with Gasteiger partial charge in [0.2, 0.25) is 0 Å². The van der Waals surface area contributed by atoms with Gasteiger partial charge in [-0.05, 0) is 37.6 Å². The molecule has 0 radical (unpaired) electrons. The average molecular weight is 355 g/mol. The molecule has 27 heavy (non-hydrogen) atoms. The molecular formula is C21H17N5O. The van der Waals surface area contributed by atoms with Gasteiger partial charge in [-0.25, -0.2) is 4.52 Å². The maximum atomic E-state index is 9.91. The Hall–Kier alpha value is -3.77. The zero-order chi connectivity index (χ0) is 19.1. The van der Waals surface area contributed by atoms with Gasteiger partial charge in [0, 0.05) is 34.9 Å². The number of anilines is 1. The fraction of sp³-hybridized carbons (Fsp3) is 0.190. The molecular weight excluding hydrogens is 338 g/mol. The Morgan fingerprint density at radius 3 is 2.70 bits per heavy atom. The number of fused-ring (bicyclic) bond motifs is 3. The summed E-state index contributed by atoms with van der Waals surface area (Å²) in [6.45, 7) is 3.93. The van der Waals surface area contributed by atoms with Crippen LogP contribution in [-0.2, 0) is 0 Å². The molecule has 1 aliphatic rings. The van der Waals surface area contributed by atoms with Crippen molar-refractivity contribution in [3.05, 3.63) is 70.2 Å². The van der Waals surface area contributed by atoms with Crippen molar-refractivity contribution in [2.45, 2.75) is 19.8 Å². The van der Waals surface area contributed by atoms with Gasteiger partial charge in [-0.15, -0.1) is 0 Å². The SMILES string of the molecule is COc1cc(C#N)ccc1C1C(C#N)=C(C)Nc2c(C)cn3nccc3c21. The number of pyridine rings is 1. The van der Waals surface area contributed by atoms with Gasteiger partial charge in [0.25, 0.3) is 0 Å². The molecule has 6 heteroatoms. The lowest BCUT2D eigenvalue weighted by molar-refractivity contribution is 0.409. The summed E-state index contributed by atoms with van der Waals surface area (Å²) in [5.74, 6) is 0.277. The van der Waals surface area contributed by atoms with Crippen molar-refractivity contribution in [3.63, 3.8) is 0 Å². The molecule has 3 aromatic rings. The molecule has 1 aromatic carbocycles. The van der Waals surface area contributed by atoms with Crippen LogP contribution in [0.2, 0.25) is 0 Å². The highest BCUT2D eigenvalue weighted by Gasteiger charge is 2.33. The van der Waals surface area contributed by atoms with Crippen LogP contribution in [0, 0.1) is 29.6 Å². The maximum Gasteiger partial charge on any atom is 0.124 e. The van der Waals surface area contributed by atoms with Crippen LogP contribution in [0.3, 0.4) is 0 Å². The Bertz CT molecular complexity index is 1190. The van der Waals surface area contributed by atoms with Gasteiger partial charge in [0.1, 0.15) is 5.75 Å². The first kappa shape index (κ1) is 16.7. The van der Waals surface area contributed by atoms with Crippen molar-refractivity contribution >= 4 is 11.2 Å². The van der Waals surface area contributed by atoms with Gasteiger partial charge in [-0.2, -0.15) is 15.6 Å². The number of aryl methyl sites for hydroxylation is 1. The predicted octanol–water partition coefficient (Wildman–Crippen LogP) is 3.88. The van der Waals surface area contributed by atoms with Crippen molar-refractivity contribution in [2.24, 2.45) is 0 Å². The van der Waals surface area contributed by atoms with Gasteiger partial charge < -0.3 is 10.1 Å². The van der Waals surface area contributed by atoms with E-state index in [0.29, 0.717) is 16.9 Å². The molecule has 0 saturated carbocycles. The number of nitrogens with one attached hydrogen (secondary N) is 1. The largest absolute Gasteiger partial charge is 0.496 e. The normalized spacial score (nSPS) is 15.7. The Balaban J connectivity index is 2.09. The number of benzene rings is 1. The van der Waals surface area contributed by atoms with E-state index >= 15 is 0 Å². The number of rotatable bonds is 2. The fourth-order valence-electron chi connectivity index (χ4n) is 3.77. The van der Waals surface area contributed by atoms with Crippen LogP contribution in [0.1, 0.15) is 35.1 Å². The monoisotopic (exact) mass is 355 g/mol. The number of ether oxygens (including phenoxy) is 1. The lowest BCUT2D eigenvalue weighted by Gasteiger charge is -2.30. The number of methoxy groups -OCH3 is 1. The summed E-state index contributed by atoms with van der Waals surface area (Å²) in [7, 11) is 1.58. The van der Waals surface area contributed by atoms with Gasteiger partial charge in [0.05, 0.1) is 41.8 Å². The maximum absolute atomic E-state index is 9.91. The lowest BCUT2D eigenvalue weighted by Crippen LogP contribution is -2.20. The summed E-state index contributed by atoms with van der Waals surface area (Å²) >= 11 is 0. The highest BCUT2D eigenvalue weighted by molar-refractivity contribution is 5.80. The number of hydrogen-bond acceptors (Lipinski definition) is 5. The van der Waals surface area contributed by atoms with Gasteiger partial charge in [-0.3, -0.25) is 0 Å². The topological polar surface area (TPSA) is 86.1 Å². The van der Waals surface area contributed by atoms with Gasteiger partial charge in [0.15, 0.2) is 0 Å². The summed E-state index contributed by atoms with van der Waals surface area (Å²) in [6.07, 6.45) is 3.72. The second kappa shape index (κ2) is 6.19. The standard InChI is InChI=1S/C21H17N5O/c1-12-11-26-17(6-7-24-26)20-19(16(10-23)13(2)25-21(12)20)15-5-4-14(9-22)8-18(15)27-3/h4-8,11,19,25H,1-3H3. The Morgan fingerprint density at radius 1 is 1.19 bits per heavy atom. The van der Waals surface area contributed by atoms with Crippen LogP contribution in [0.15, 0.2) is 47.9 Å². The van der Waals surface area contributed by atoms with E-state index in [1.54, 1.807) is 25.4 Å². The molecule has 1 atom stereocenters. The van der Waals surface area contributed by atoms with E-state index in [4.69, 9.17) is 4.74 Å². The summed E-state index contributed by atoms with van der Waals surface area (Å²) in [5, 5.41) is 26.9. The summed E-state index contributed by atoms with van der Waals surface area (Å²) < 4.78 is 7.41. The van der Waals surface area contributed by atoms with Crippen LogP contribution < -0.4 is 10.1 Å². The van der Waals surface area contributed by atoms with Crippen molar-refractivity contribution in [1.82, 2.24) is 9.61 Å². The molecule has 132 valence electrons. The first-order valence-corrected chi connectivity index (χ1v) is 8.51. The first-order valence-electron chi connectivity index (χ1n) is 8.51. The quantitative estimate of drug-likeness (QED) is 0.754. The zero-order valence-corrected chi connectivity index (χ0v) is 15.2. The Labute approximate surface area is 156 Å². The van der Waals surface area contributed by atoms with Crippen molar-refractivity contribution in [3.8, 4) is 17.9 Å². The molecule has 1 N–H and O–H groups in total. The van der Waals surface area contributed by atoms with E-state index in [0.717, 1.165) is 33.6 Å². The zero-order valence-electron chi connectivity index (χ0n) is 15.2. The lowest BCUT2D eigenvalue weighted by atomic mass is 9.79. The second-order valence-corrected chi connectivity index (χ2v) is 6.54. The third-order valence-electron chi connectivity index (χ3n) is 5.01. The molecule has 6 nitrogen and oxygen atoms in total. The van der Waals surface area contributed by atoms with E-state index < -0.39 is 0 Å². The number of nitriles is 2. The number of hydrogen-bond donors (Lipinski definition) is 1. The first-order chi connectivity index (χ1) is 13.1. The van der Waals surface area contributed by atoms with Crippen LogP contribution in [-0.4, -0.2) is 16.7 Å². The molecule has 0 spiro atoms. The molecule has 3 heterocycles. The van der Waals surface area contributed by atoms with Crippen LogP contribution >= 0.6 is 0 Å². The Kier molecular flexibility index (Phi) is 3.83. The molecule has 4 rings (SSSR count). The minimum atomic E-state index is -0.312. The predicted molar refractivity (Wildman–Crippen MR) is 101 cm³/mol. The molecule has 0 saturated heterocycles. The summed E-state index contributed by atoms with van der Waals surface area (Å²) in [5.41, 5.74) is 6.74. The second-order valence-electron chi connectivity index (χ2n) is 6.54. The minimum Gasteiger partial charge on any atom is -0.496 e. The average Bonchev–Trinajstić information content (AvgIpc) is 3.14. The molecule has 0 amide bonds. The smallest absolute Gasteiger partial charge is 0.124 e. The van der Waals surface area contributed by atoms with Gasteiger partial charge >= 0.3 is 0 Å².